The van der Waals surface area contributed by atoms with Gasteiger partial charge in [-0.25, -0.2) is 4.79 Å². The molecule has 1 aliphatic rings. The van der Waals surface area contributed by atoms with Crippen LogP contribution in [0, 0.1) is 0 Å². The highest BCUT2D eigenvalue weighted by atomic mass is 79.9. The number of hydrogen-bond acceptors (Lipinski definition) is 4. The predicted molar refractivity (Wildman–Crippen MR) is 116 cm³/mol. The van der Waals surface area contributed by atoms with Crippen LogP contribution in [0.2, 0.25) is 0 Å². The molecule has 0 bridgehead atoms. The fourth-order valence-corrected chi connectivity index (χ4v) is 4.65. The van der Waals surface area contributed by atoms with E-state index in [1.165, 1.54) is 19.3 Å². The number of rotatable bonds is 3. The maximum Gasteiger partial charge on any atom is 0.348 e. The van der Waals surface area contributed by atoms with Gasteiger partial charge in [-0.1, -0.05) is 65.5 Å². The lowest BCUT2D eigenvalue weighted by Gasteiger charge is -2.23. The predicted octanol–water partition coefficient (Wildman–Crippen LogP) is 6.71. The number of hydrogen-bond donors (Lipinski definition) is 1. The summed E-state index contributed by atoms with van der Waals surface area (Å²) in [5, 5.41) is 4.89. The first-order valence-electron chi connectivity index (χ1n) is 9.72. The molecule has 2 aromatic heterocycles. The fraction of sp³-hybridized carbons (Fsp3) is 0.261. The quantitative estimate of drug-likeness (QED) is 0.361. The average molecular weight is 438 g/mol. The van der Waals surface area contributed by atoms with Crippen LogP contribution in [0.4, 0.5) is 5.88 Å². The summed E-state index contributed by atoms with van der Waals surface area (Å²) in [6, 6.07) is 15.8. The van der Waals surface area contributed by atoms with Crippen molar-refractivity contribution in [2.75, 3.05) is 5.32 Å². The molecule has 142 valence electrons. The van der Waals surface area contributed by atoms with Gasteiger partial charge in [-0.2, -0.15) is 0 Å². The van der Waals surface area contributed by atoms with Crippen molar-refractivity contribution in [2.45, 2.75) is 38.1 Å². The lowest BCUT2D eigenvalue weighted by atomic mass is 9.95. The van der Waals surface area contributed by atoms with Crippen molar-refractivity contribution in [1.29, 1.82) is 0 Å². The van der Waals surface area contributed by atoms with Crippen molar-refractivity contribution < 1.29 is 8.83 Å². The summed E-state index contributed by atoms with van der Waals surface area (Å²) in [4.78, 5) is 12.9. The number of fused-ring (bicyclic) bond motifs is 3. The van der Waals surface area contributed by atoms with Gasteiger partial charge in [0.15, 0.2) is 5.58 Å². The van der Waals surface area contributed by atoms with Gasteiger partial charge < -0.3 is 14.2 Å². The third-order valence-electron chi connectivity index (χ3n) is 5.53. The van der Waals surface area contributed by atoms with Gasteiger partial charge in [0.2, 0.25) is 5.88 Å². The summed E-state index contributed by atoms with van der Waals surface area (Å²) in [5.41, 5.74) is 2.43. The second kappa shape index (κ2) is 7.13. The van der Waals surface area contributed by atoms with Gasteiger partial charge in [0.05, 0.1) is 10.9 Å². The molecule has 0 atom stereocenters. The second-order valence-corrected chi connectivity index (χ2v) is 8.21. The highest BCUT2D eigenvalue weighted by Crippen LogP contribution is 2.43. The molecule has 1 N–H and O–H groups in total. The minimum absolute atomic E-state index is 0.355. The lowest BCUT2D eigenvalue weighted by Crippen LogP contribution is -2.22. The third-order valence-corrected chi connectivity index (χ3v) is 6.22. The largest absolute Gasteiger partial charge is 0.439 e. The molecule has 5 rings (SSSR count). The first-order chi connectivity index (χ1) is 13.7. The van der Waals surface area contributed by atoms with Crippen LogP contribution in [0.25, 0.3) is 33.1 Å². The zero-order valence-corrected chi connectivity index (χ0v) is 16.9. The van der Waals surface area contributed by atoms with Crippen LogP contribution in [-0.4, -0.2) is 6.04 Å². The van der Waals surface area contributed by atoms with E-state index in [0.29, 0.717) is 28.5 Å². The van der Waals surface area contributed by atoms with Crippen LogP contribution < -0.4 is 10.9 Å². The van der Waals surface area contributed by atoms with Crippen LogP contribution in [0.3, 0.4) is 0 Å². The lowest BCUT2D eigenvalue weighted by molar-refractivity contribution is 0.453. The monoisotopic (exact) mass is 437 g/mol. The van der Waals surface area contributed by atoms with Gasteiger partial charge in [0.25, 0.3) is 0 Å². The second-order valence-electron chi connectivity index (χ2n) is 7.36. The van der Waals surface area contributed by atoms with E-state index in [1.54, 1.807) is 6.07 Å². The summed E-state index contributed by atoms with van der Waals surface area (Å²) in [5.74, 6) is 0.650. The molecule has 0 spiro atoms. The van der Waals surface area contributed by atoms with Crippen LogP contribution in [0.5, 0.6) is 0 Å². The van der Waals surface area contributed by atoms with Crippen LogP contribution in [0.1, 0.15) is 32.1 Å². The number of furan rings is 1. The Hall–Kier alpha value is -2.53. The molecule has 1 aliphatic carbocycles. The van der Waals surface area contributed by atoms with Crippen molar-refractivity contribution in [3.63, 3.8) is 0 Å². The molecule has 0 aliphatic heterocycles. The van der Waals surface area contributed by atoms with Crippen LogP contribution in [-0.2, 0) is 0 Å². The van der Waals surface area contributed by atoms with E-state index in [1.807, 2.05) is 42.5 Å². The molecule has 0 saturated heterocycles. The highest BCUT2D eigenvalue weighted by molar-refractivity contribution is 9.10. The Bertz CT molecular complexity index is 1220. The maximum atomic E-state index is 12.9. The Morgan fingerprint density at radius 1 is 0.929 bits per heavy atom. The molecule has 1 fully saturated rings. The summed E-state index contributed by atoms with van der Waals surface area (Å²) >= 11 is 3.64. The fourth-order valence-electron chi connectivity index (χ4n) is 4.16. The molecule has 5 heteroatoms. The zero-order valence-electron chi connectivity index (χ0n) is 15.3. The summed E-state index contributed by atoms with van der Waals surface area (Å²) < 4.78 is 12.8. The number of benzene rings is 2. The topological polar surface area (TPSA) is 55.4 Å². The SMILES string of the molecule is O=c1oc2ccccc2c2oc(NC3CCCCC3)c(-c3ccccc3Br)c12. The Kier molecular flexibility index (Phi) is 4.47. The summed E-state index contributed by atoms with van der Waals surface area (Å²) in [6.07, 6.45) is 5.94. The van der Waals surface area contributed by atoms with Crippen LogP contribution in [0.15, 0.2) is 66.6 Å². The number of halogens is 1. The molecule has 0 amide bonds. The average Bonchev–Trinajstić information content (AvgIpc) is 3.09. The van der Waals surface area contributed by atoms with E-state index in [0.717, 1.165) is 33.8 Å². The van der Waals surface area contributed by atoms with Gasteiger partial charge >= 0.3 is 5.63 Å². The van der Waals surface area contributed by atoms with Crippen molar-refractivity contribution >= 4 is 43.8 Å². The Morgan fingerprint density at radius 3 is 2.50 bits per heavy atom. The molecule has 4 aromatic rings. The van der Waals surface area contributed by atoms with Gasteiger partial charge in [0.1, 0.15) is 11.0 Å². The highest BCUT2D eigenvalue weighted by Gasteiger charge is 2.25. The first-order valence-corrected chi connectivity index (χ1v) is 10.5. The van der Waals surface area contributed by atoms with Crippen molar-refractivity contribution in [2.24, 2.45) is 0 Å². The molecule has 0 radical (unpaired) electrons. The third kappa shape index (κ3) is 2.94. The van der Waals surface area contributed by atoms with E-state index in [2.05, 4.69) is 21.2 Å². The van der Waals surface area contributed by atoms with Crippen LogP contribution >= 0.6 is 15.9 Å². The van der Waals surface area contributed by atoms with Crippen molar-refractivity contribution in [1.82, 2.24) is 0 Å². The van der Waals surface area contributed by atoms with Gasteiger partial charge in [-0.15, -0.1) is 0 Å². The zero-order chi connectivity index (χ0) is 19.1. The van der Waals surface area contributed by atoms with E-state index in [4.69, 9.17) is 8.83 Å². The molecule has 28 heavy (non-hydrogen) atoms. The molecule has 2 aromatic carbocycles. The maximum absolute atomic E-state index is 12.9. The number of anilines is 1. The molecule has 1 saturated carbocycles. The number of nitrogens with one attached hydrogen (secondary N) is 1. The number of para-hydroxylation sites is 1. The van der Waals surface area contributed by atoms with E-state index >= 15 is 0 Å². The van der Waals surface area contributed by atoms with Gasteiger partial charge in [0, 0.05) is 16.1 Å². The standard InChI is InChI=1S/C23H20BrNO3/c24-17-12-6-4-10-15(17)19-20-21(16-11-5-7-13-18(16)27-23(20)26)28-22(19)25-14-8-2-1-3-9-14/h4-7,10-14,25H,1-3,8-9H2. The van der Waals surface area contributed by atoms with Gasteiger partial charge in [-0.05, 0) is 31.0 Å². The minimum atomic E-state index is -0.375. The first kappa shape index (κ1) is 17.6. The Morgan fingerprint density at radius 2 is 1.68 bits per heavy atom. The summed E-state index contributed by atoms with van der Waals surface area (Å²) in [6.45, 7) is 0. The van der Waals surface area contributed by atoms with Crippen molar-refractivity contribution in [3.8, 4) is 11.1 Å². The Balaban J connectivity index is 1.80. The van der Waals surface area contributed by atoms with E-state index < -0.39 is 0 Å². The van der Waals surface area contributed by atoms with E-state index in [-0.39, 0.29) is 5.63 Å². The normalized spacial score (nSPS) is 15.3. The summed E-state index contributed by atoms with van der Waals surface area (Å²) in [7, 11) is 0. The smallest absolute Gasteiger partial charge is 0.348 e. The Labute approximate surface area is 170 Å². The molecule has 0 unspecified atom stereocenters. The molecule has 2 heterocycles. The molecular weight excluding hydrogens is 418 g/mol. The minimum Gasteiger partial charge on any atom is -0.439 e. The van der Waals surface area contributed by atoms with Crippen molar-refractivity contribution in [3.05, 3.63) is 63.4 Å². The van der Waals surface area contributed by atoms with Gasteiger partial charge in [-0.3, -0.25) is 0 Å². The van der Waals surface area contributed by atoms with E-state index in [9.17, 15) is 4.79 Å². The molecule has 4 nitrogen and oxygen atoms in total. The molecular formula is C23H20BrNO3.